The summed E-state index contributed by atoms with van der Waals surface area (Å²) >= 11 is 0. The molecule has 0 saturated carbocycles. The van der Waals surface area contributed by atoms with Gasteiger partial charge in [0.15, 0.2) is 5.69 Å². The summed E-state index contributed by atoms with van der Waals surface area (Å²) in [7, 11) is 0. The first-order valence-corrected chi connectivity index (χ1v) is 8.33. The van der Waals surface area contributed by atoms with Gasteiger partial charge < -0.3 is 15.6 Å². The third-order valence-corrected chi connectivity index (χ3v) is 4.32. The molecule has 1 saturated heterocycles. The van der Waals surface area contributed by atoms with Gasteiger partial charge in [0.2, 0.25) is 0 Å². The smallest absolute Gasteiger partial charge is 0.277 e. The van der Waals surface area contributed by atoms with Crippen LogP contribution in [0.3, 0.4) is 0 Å². The van der Waals surface area contributed by atoms with Gasteiger partial charge in [-0.1, -0.05) is 17.3 Å². The highest BCUT2D eigenvalue weighted by atomic mass is 16.2. The molecule has 2 aromatic heterocycles. The zero-order chi connectivity index (χ0) is 17.1. The maximum absolute atomic E-state index is 12.4. The van der Waals surface area contributed by atoms with Crippen molar-refractivity contribution in [3.05, 3.63) is 48.5 Å². The molecule has 1 fully saturated rings. The van der Waals surface area contributed by atoms with Crippen LogP contribution in [0.5, 0.6) is 0 Å². The molecule has 0 radical (unpaired) electrons. The molecule has 8 heteroatoms. The predicted octanol–water partition coefficient (Wildman–Crippen LogP) is 1.84. The number of carbonyl (C=O) groups excluding carboxylic acids is 1. The van der Waals surface area contributed by atoms with Crippen molar-refractivity contribution in [3.8, 4) is 11.4 Å². The molecular formula is C17H19N7O. The van der Waals surface area contributed by atoms with Gasteiger partial charge in [-0.15, -0.1) is 5.10 Å². The van der Waals surface area contributed by atoms with Crippen LogP contribution in [0.4, 0.5) is 5.69 Å². The molecule has 1 aromatic carbocycles. The molecule has 1 aliphatic heterocycles. The third kappa shape index (κ3) is 3.43. The fourth-order valence-electron chi connectivity index (χ4n) is 2.99. The Bertz CT molecular complexity index is 850. The Labute approximate surface area is 144 Å². The van der Waals surface area contributed by atoms with Crippen LogP contribution in [0.15, 0.2) is 42.9 Å². The number of rotatable bonds is 4. The van der Waals surface area contributed by atoms with E-state index in [2.05, 4.69) is 30.9 Å². The number of hydrogen-bond acceptors (Lipinski definition) is 5. The van der Waals surface area contributed by atoms with Gasteiger partial charge in [0.1, 0.15) is 5.82 Å². The van der Waals surface area contributed by atoms with Crippen LogP contribution in [0, 0.1) is 0 Å². The second kappa shape index (κ2) is 6.86. The minimum atomic E-state index is -0.267. The minimum Gasteiger partial charge on any atom is -0.345 e. The summed E-state index contributed by atoms with van der Waals surface area (Å²) in [6.07, 6.45) is 7.17. The summed E-state index contributed by atoms with van der Waals surface area (Å²) in [6.45, 7) is 1.93. The largest absolute Gasteiger partial charge is 0.345 e. The van der Waals surface area contributed by atoms with E-state index in [4.69, 9.17) is 0 Å². The molecular weight excluding hydrogens is 318 g/mol. The van der Waals surface area contributed by atoms with Gasteiger partial charge in [0.25, 0.3) is 5.91 Å². The molecule has 0 bridgehead atoms. The van der Waals surface area contributed by atoms with Crippen molar-refractivity contribution in [2.45, 2.75) is 18.9 Å². The van der Waals surface area contributed by atoms with E-state index in [0.717, 1.165) is 37.3 Å². The average Bonchev–Trinajstić information content (AvgIpc) is 3.35. The summed E-state index contributed by atoms with van der Waals surface area (Å²) in [5.74, 6) is 0.490. The number of benzene rings is 1. The van der Waals surface area contributed by atoms with Gasteiger partial charge >= 0.3 is 0 Å². The van der Waals surface area contributed by atoms with Crippen molar-refractivity contribution in [1.29, 1.82) is 0 Å². The van der Waals surface area contributed by atoms with Crippen LogP contribution in [0.2, 0.25) is 0 Å². The first kappa shape index (κ1) is 15.5. The number of amides is 1. The lowest BCUT2D eigenvalue weighted by Crippen LogP contribution is -2.29. The van der Waals surface area contributed by atoms with Crippen LogP contribution >= 0.6 is 0 Å². The third-order valence-electron chi connectivity index (χ3n) is 4.32. The number of nitrogens with zero attached hydrogens (tertiary/aromatic N) is 4. The minimum absolute atomic E-state index is 0.267. The number of aromatic amines is 1. The predicted molar refractivity (Wildman–Crippen MR) is 93.1 cm³/mol. The Kier molecular flexibility index (Phi) is 4.26. The molecule has 1 aliphatic rings. The van der Waals surface area contributed by atoms with Crippen molar-refractivity contribution < 1.29 is 4.79 Å². The standard InChI is InChI=1S/C17H19N7O/c25-17(15-11-24(23-22-15)14-4-6-18-7-5-14)21-13-3-1-2-12(10-13)16-19-8-9-20-16/h1-3,8-11,14,18H,4-7H2,(H,19,20)(H,21,25). The highest BCUT2D eigenvalue weighted by molar-refractivity contribution is 6.02. The summed E-state index contributed by atoms with van der Waals surface area (Å²) < 4.78 is 1.80. The molecule has 0 aliphatic carbocycles. The number of piperidine rings is 1. The van der Waals surface area contributed by atoms with Crippen molar-refractivity contribution in [2.24, 2.45) is 0 Å². The van der Waals surface area contributed by atoms with E-state index in [9.17, 15) is 4.79 Å². The SMILES string of the molecule is O=C(Nc1cccc(-c2ncc[nH]2)c1)c1cn(C2CCNCC2)nn1. The fraction of sp³-hybridized carbons (Fsp3) is 0.294. The molecule has 0 atom stereocenters. The lowest BCUT2D eigenvalue weighted by molar-refractivity contribution is 0.102. The normalized spacial score (nSPS) is 15.2. The first-order valence-electron chi connectivity index (χ1n) is 8.33. The van der Waals surface area contributed by atoms with Crippen LogP contribution in [0.25, 0.3) is 11.4 Å². The number of hydrogen-bond donors (Lipinski definition) is 3. The maximum atomic E-state index is 12.4. The van der Waals surface area contributed by atoms with E-state index in [1.807, 2.05) is 24.3 Å². The van der Waals surface area contributed by atoms with Gasteiger partial charge in [0, 0.05) is 23.6 Å². The molecule has 3 aromatic rings. The van der Waals surface area contributed by atoms with Gasteiger partial charge in [-0.05, 0) is 38.1 Å². The van der Waals surface area contributed by atoms with Crippen molar-refractivity contribution in [3.63, 3.8) is 0 Å². The number of imidazole rings is 1. The van der Waals surface area contributed by atoms with Gasteiger partial charge in [-0.25, -0.2) is 9.67 Å². The summed E-state index contributed by atoms with van der Waals surface area (Å²) in [6, 6.07) is 7.81. The van der Waals surface area contributed by atoms with Crippen molar-refractivity contribution >= 4 is 11.6 Å². The Morgan fingerprint density at radius 2 is 2.16 bits per heavy atom. The quantitative estimate of drug-likeness (QED) is 0.674. The number of nitrogens with one attached hydrogen (secondary N) is 3. The molecule has 25 heavy (non-hydrogen) atoms. The van der Waals surface area contributed by atoms with Gasteiger partial charge in [-0.2, -0.15) is 0 Å². The van der Waals surface area contributed by atoms with Crippen LogP contribution in [-0.4, -0.2) is 44.0 Å². The van der Waals surface area contributed by atoms with Gasteiger partial charge in [0.05, 0.1) is 12.2 Å². The summed E-state index contributed by atoms with van der Waals surface area (Å²) in [4.78, 5) is 19.7. The molecule has 0 spiro atoms. The Hall–Kier alpha value is -3.00. The van der Waals surface area contributed by atoms with E-state index in [1.165, 1.54) is 0 Å². The van der Waals surface area contributed by atoms with Gasteiger partial charge in [-0.3, -0.25) is 4.79 Å². The lowest BCUT2D eigenvalue weighted by Gasteiger charge is -2.22. The van der Waals surface area contributed by atoms with Crippen LogP contribution < -0.4 is 10.6 Å². The molecule has 128 valence electrons. The number of anilines is 1. The van der Waals surface area contributed by atoms with E-state index in [1.54, 1.807) is 23.3 Å². The molecule has 3 N–H and O–H groups in total. The van der Waals surface area contributed by atoms with E-state index in [-0.39, 0.29) is 5.91 Å². The monoisotopic (exact) mass is 337 g/mol. The molecule has 0 unspecified atom stereocenters. The zero-order valence-corrected chi connectivity index (χ0v) is 13.6. The van der Waals surface area contributed by atoms with Crippen LogP contribution in [0.1, 0.15) is 29.4 Å². The van der Waals surface area contributed by atoms with Crippen molar-refractivity contribution in [1.82, 2.24) is 30.3 Å². The molecule has 8 nitrogen and oxygen atoms in total. The van der Waals surface area contributed by atoms with E-state index >= 15 is 0 Å². The summed E-state index contributed by atoms with van der Waals surface area (Å²) in [5, 5.41) is 14.3. The first-order chi connectivity index (χ1) is 12.3. The summed E-state index contributed by atoms with van der Waals surface area (Å²) in [5.41, 5.74) is 1.92. The zero-order valence-electron chi connectivity index (χ0n) is 13.6. The Balaban J connectivity index is 1.47. The second-order valence-corrected chi connectivity index (χ2v) is 6.04. The lowest BCUT2D eigenvalue weighted by atomic mass is 10.1. The van der Waals surface area contributed by atoms with E-state index < -0.39 is 0 Å². The Morgan fingerprint density at radius 1 is 1.28 bits per heavy atom. The number of carbonyl (C=O) groups is 1. The van der Waals surface area contributed by atoms with Crippen LogP contribution in [-0.2, 0) is 0 Å². The highest BCUT2D eigenvalue weighted by Gasteiger charge is 2.18. The average molecular weight is 337 g/mol. The topological polar surface area (TPSA) is 101 Å². The molecule has 4 rings (SSSR count). The molecule has 3 heterocycles. The Morgan fingerprint density at radius 3 is 2.96 bits per heavy atom. The maximum Gasteiger partial charge on any atom is 0.277 e. The second-order valence-electron chi connectivity index (χ2n) is 6.04. The van der Waals surface area contributed by atoms with Crippen molar-refractivity contribution in [2.75, 3.05) is 18.4 Å². The van der Waals surface area contributed by atoms with E-state index in [0.29, 0.717) is 17.4 Å². The number of H-pyrrole nitrogens is 1. The molecule has 1 amide bonds. The number of aromatic nitrogens is 5. The fourth-order valence-corrected chi connectivity index (χ4v) is 2.99. The highest BCUT2D eigenvalue weighted by Crippen LogP contribution is 2.20.